The molecule has 0 unspecified atom stereocenters. The molecule has 0 aromatic carbocycles. The number of amides is 2. The number of hydrogen-bond acceptors (Lipinski definition) is 4. The van der Waals surface area contributed by atoms with Crippen LogP contribution in [0.15, 0.2) is 24.9 Å². The maximum atomic E-state index is 14.1. The van der Waals surface area contributed by atoms with Gasteiger partial charge in [-0.3, -0.25) is 19.4 Å². The zero-order valence-electron chi connectivity index (χ0n) is 15.6. The van der Waals surface area contributed by atoms with E-state index < -0.39 is 23.4 Å². The van der Waals surface area contributed by atoms with Crippen LogP contribution in [0.3, 0.4) is 0 Å². The maximum Gasteiger partial charge on any atom is 0.292 e. The summed E-state index contributed by atoms with van der Waals surface area (Å²) in [5, 5.41) is 4.92. The summed E-state index contributed by atoms with van der Waals surface area (Å²) in [5.74, 6) is -2.75. The average Bonchev–Trinajstić information content (AvgIpc) is 2.85. The molecule has 2 N–H and O–H groups in total. The second-order valence-corrected chi connectivity index (χ2v) is 6.03. The highest BCUT2D eigenvalue weighted by Gasteiger charge is 2.28. The van der Waals surface area contributed by atoms with Crippen molar-refractivity contribution in [2.75, 3.05) is 11.9 Å². The minimum absolute atomic E-state index is 0.0117. The molecule has 8 heteroatoms. The molecule has 2 aromatic heterocycles. The van der Waals surface area contributed by atoms with E-state index >= 15 is 0 Å². The zero-order valence-corrected chi connectivity index (χ0v) is 15.6. The van der Waals surface area contributed by atoms with Gasteiger partial charge in [0.2, 0.25) is 0 Å². The number of anilines is 1. The molecule has 0 saturated carbocycles. The lowest BCUT2D eigenvalue weighted by molar-refractivity contribution is -0.116. The highest BCUT2D eigenvalue weighted by atomic mass is 19.1. The standard InChI is InChI=1S/C19H21FN4O3/c1-6-8-22-19(27)17(25)14-10(2)16(24(5)12(14)4)18(26)23-13-7-9-21-11(3)15(13)20/h6-7,9H,1,8H2,2-5H3,(H,22,27)(H,21,23,26). The third kappa shape index (κ3) is 3.79. The number of rotatable bonds is 6. The number of ketones is 1. The first-order chi connectivity index (χ1) is 12.7. The first-order valence-corrected chi connectivity index (χ1v) is 8.22. The highest BCUT2D eigenvalue weighted by molar-refractivity contribution is 6.43. The lowest BCUT2D eigenvalue weighted by atomic mass is 10.0. The third-order valence-electron chi connectivity index (χ3n) is 4.30. The Morgan fingerprint density at radius 1 is 1.30 bits per heavy atom. The summed E-state index contributed by atoms with van der Waals surface area (Å²) in [7, 11) is 1.60. The Morgan fingerprint density at radius 3 is 2.59 bits per heavy atom. The molecule has 0 saturated heterocycles. The molecule has 2 heterocycles. The molecule has 27 heavy (non-hydrogen) atoms. The van der Waals surface area contributed by atoms with Gasteiger partial charge in [-0.25, -0.2) is 4.39 Å². The van der Waals surface area contributed by atoms with Gasteiger partial charge in [-0.05, 0) is 32.4 Å². The molecule has 7 nitrogen and oxygen atoms in total. The van der Waals surface area contributed by atoms with E-state index in [1.807, 2.05) is 0 Å². The van der Waals surface area contributed by atoms with E-state index in [0.29, 0.717) is 11.3 Å². The molecule has 142 valence electrons. The Kier molecular flexibility index (Phi) is 5.89. The summed E-state index contributed by atoms with van der Waals surface area (Å²) in [6.45, 7) is 8.33. The monoisotopic (exact) mass is 372 g/mol. The number of nitrogens with zero attached hydrogens (tertiary/aromatic N) is 2. The maximum absolute atomic E-state index is 14.1. The van der Waals surface area contributed by atoms with Crippen LogP contribution in [-0.4, -0.2) is 33.7 Å². The van der Waals surface area contributed by atoms with Crippen molar-refractivity contribution >= 4 is 23.3 Å². The number of aromatic nitrogens is 2. The Labute approximate surface area is 156 Å². The number of Topliss-reactive ketones (excluding diaryl/α,β-unsaturated/α-hetero) is 1. The van der Waals surface area contributed by atoms with Gasteiger partial charge in [-0.2, -0.15) is 0 Å². The number of aryl methyl sites for hydroxylation is 1. The van der Waals surface area contributed by atoms with E-state index in [2.05, 4.69) is 22.2 Å². The minimum atomic E-state index is -0.783. The summed E-state index contributed by atoms with van der Waals surface area (Å²) in [5.41, 5.74) is 1.27. The van der Waals surface area contributed by atoms with Crippen LogP contribution in [-0.2, 0) is 11.8 Å². The van der Waals surface area contributed by atoms with Crippen molar-refractivity contribution < 1.29 is 18.8 Å². The normalized spacial score (nSPS) is 10.4. The Balaban J connectivity index is 2.40. The molecule has 0 atom stereocenters. The molecule has 0 aliphatic heterocycles. The molecule has 2 amide bonds. The smallest absolute Gasteiger partial charge is 0.292 e. The van der Waals surface area contributed by atoms with Crippen molar-refractivity contribution in [3.63, 3.8) is 0 Å². The lowest BCUT2D eigenvalue weighted by Gasteiger charge is -2.09. The van der Waals surface area contributed by atoms with Crippen molar-refractivity contribution in [3.8, 4) is 0 Å². The Morgan fingerprint density at radius 2 is 1.96 bits per heavy atom. The predicted octanol–water partition coefficient (Wildman–Crippen LogP) is 2.22. The lowest BCUT2D eigenvalue weighted by Crippen LogP contribution is -2.31. The number of nitrogens with one attached hydrogen (secondary N) is 2. The Bertz CT molecular complexity index is 947. The zero-order chi connectivity index (χ0) is 20.3. The molecule has 0 bridgehead atoms. The van der Waals surface area contributed by atoms with Crippen LogP contribution in [0.25, 0.3) is 0 Å². The number of carbonyl (C=O) groups is 3. The van der Waals surface area contributed by atoms with E-state index in [0.717, 1.165) is 0 Å². The third-order valence-corrected chi connectivity index (χ3v) is 4.30. The van der Waals surface area contributed by atoms with Gasteiger partial charge in [-0.1, -0.05) is 6.08 Å². The summed E-state index contributed by atoms with van der Waals surface area (Å²) < 4.78 is 15.6. The molecular weight excluding hydrogens is 351 g/mol. The van der Waals surface area contributed by atoms with Crippen LogP contribution in [0.5, 0.6) is 0 Å². The number of carbonyl (C=O) groups excluding carboxylic acids is 3. The van der Waals surface area contributed by atoms with Gasteiger partial charge >= 0.3 is 0 Å². The van der Waals surface area contributed by atoms with Crippen molar-refractivity contribution in [3.05, 3.63) is 58.9 Å². The van der Waals surface area contributed by atoms with E-state index in [4.69, 9.17) is 0 Å². The second kappa shape index (κ2) is 7.94. The van der Waals surface area contributed by atoms with E-state index in [1.165, 1.54) is 29.8 Å². The Hall–Kier alpha value is -3.29. The molecule has 0 aliphatic rings. The fraction of sp³-hybridized carbons (Fsp3) is 0.263. The molecule has 2 aromatic rings. The quantitative estimate of drug-likeness (QED) is 0.462. The summed E-state index contributed by atoms with van der Waals surface area (Å²) in [4.78, 5) is 41.0. The second-order valence-electron chi connectivity index (χ2n) is 6.03. The van der Waals surface area contributed by atoms with Gasteiger partial charge < -0.3 is 15.2 Å². The fourth-order valence-corrected chi connectivity index (χ4v) is 2.82. The molecule has 0 aliphatic carbocycles. The fourth-order valence-electron chi connectivity index (χ4n) is 2.82. The van der Waals surface area contributed by atoms with Gasteiger partial charge in [-0.15, -0.1) is 6.58 Å². The van der Waals surface area contributed by atoms with Crippen LogP contribution in [0, 0.1) is 26.6 Å². The SMILES string of the molecule is C=CCNC(=O)C(=O)c1c(C)c(C(=O)Nc2ccnc(C)c2F)n(C)c1C. The van der Waals surface area contributed by atoms with Crippen molar-refractivity contribution in [1.82, 2.24) is 14.9 Å². The summed E-state index contributed by atoms with van der Waals surface area (Å²) in [6.07, 6.45) is 2.84. The van der Waals surface area contributed by atoms with Gasteiger partial charge in [0.1, 0.15) is 5.69 Å². The topological polar surface area (TPSA) is 93.1 Å². The van der Waals surface area contributed by atoms with E-state index in [9.17, 15) is 18.8 Å². The molecular formula is C19H21FN4O3. The average molecular weight is 372 g/mol. The van der Waals surface area contributed by atoms with Crippen molar-refractivity contribution in [2.45, 2.75) is 20.8 Å². The number of halogens is 1. The van der Waals surface area contributed by atoms with Crippen LogP contribution in [0.4, 0.5) is 10.1 Å². The van der Waals surface area contributed by atoms with Gasteiger partial charge in [0.25, 0.3) is 17.6 Å². The first kappa shape index (κ1) is 20.0. The molecule has 0 fully saturated rings. The number of hydrogen-bond donors (Lipinski definition) is 2. The van der Waals surface area contributed by atoms with Crippen LogP contribution >= 0.6 is 0 Å². The largest absolute Gasteiger partial charge is 0.346 e. The van der Waals surface area contributed by atoms with E-state index in [1.54, 1.807) is 20.9 Å². The van der Waals surface area contributed by atoms with Crippen LogP contribution < -0.4 is 10.6 Å². The first-order valence-electron chi connectivity index (χ1n) is 8.22. The van der Waals surface area contributed by atoms with E-state index in [-0.39, 0.29) is 29.2 Å². The molecule has 0 spiro atoms. The van der Waals surface area contributed by atoms with Crippen molar-refractivity contribution in [1.29, 1.82) is 0 Å². The minimum Gasteiger partial charge on any atom is -0.346 e. The predicted molar refractivity (Wildman–Crippen MR) is 99.3 cm³/mol. The van der Waals surface area contributed by atoms with Gasteiger partial charge in [0, 0.05) is 25.5 Å². The van der Waals surface area contributed by atoms with Gasteiger partial charge in [0.05, 0.1) is 16.9 Å². The number of pyridine rings is 1. The molecule has 0 radical (unpaired) electrons. The summed E-state index contributed by atoms with van der Waals surface area (Å²) in [6, 6.07) is 1.35. The van der Waals surface area contributed by atoms with Crippen LogP contribution in [0.1, 0.15) is 37.8 Å². The molecule has 2 rings (SSSR count). The van der Waals surface area contributed by atoms with Crippen LogP contribution in [0.2, 0.25) is 0 Å². The van der Waals surface area contributed by atoms with Crippen molar-refractivity contribution in [2.24, 2.45) is 7.05 Å². The summed E-state index contributed by atoms with van der Waals surface area (Å²) >= 11 is 0. The van der Waals surface area contributed by atoms with Gasteiger partial charge in [0.15, 0.2) is 5.82 Å². The highest BCUT2D eigenvalue weighted by Crippen LogP contribution is 2.24.